The minimum absolute atomic E-state index is 0.0600. The normalized spacial score (nSPS) is 18.1. The Kier molecular flexibility index (Phi) is 14.8. The number of amides is 3. The van der Waals surface area contributed by atoms with Crippen LogP contribution in [0.4, 0.5) is 4.39 Å². The number of nitrogens with zero attached hydrogens (tertiary/aromatic N) is 1. The second-order valence-electron chi connectivity index (χ2n) is 12.4. The Morgan fingerprint density at radius 2 is 1.77 bits per heavy atom. The molecule has 3 amide bonds. The van der Waals surface area contributed by atoms with Crippen molar-refractivity contribution < 1.29 is 42.6 Å². The molecule has 2 aromatic carbocycles. The molecule has 2 aliphatic rings. The van der Waals surface area contributed by atoms with Crippen molar-refractivity contribution in [3.63, 3.8) is 0 Å². The Hall–Kier alpha value is -4.48. The van der Waals surface area contributed by atoms with Crippen molar-refractivity contribution in [2.24, 2.45) is 11.3 Å². The highest BCUT2D eigenvalue weighted by molar-refractivity contribution is 5.98. The van der Waals surface area contributed by atoms with Gasteiger partial charge in [-0.25, -0.2) is 4.39 Å². The fraction of sp³-hybridized carbons (Fsp3) is 0.528. The van der Waals surface area contributed by atoms with Gasteiger partial charge in [-0.1, -0.05) is 19.9 Å². The van der Waals surface area contributed by atoms with Gasteiger partial charge in [0.2, 0.25) is 11.8 Å². The third-order valence-corrected chi connectivity index (χ3v) is 8.28. The summed E-state index contributed by atoms with van der Waals surface area (Å²) in [5.74, 6) is -1.14. The minimum Gasteiger partial charge on any atom is -0.493 e. The van der Waals surface area contributed by atoms with Crippen LogP contribution >= 0.6 is 0 Å². The Morgan fingerprint density at radius 1 is 1.02 bits per heavy atom. The molecule has 0 radical (unpaired) electrons. The number of halogens is 1. The maximum Gasteiger partial charge on any atom is 0.314 e. The molecule has 0 aromatic heterocycles. The SMILES string of the molecule is CCOC(=O)C1(CCC(C)C)CNC(=O)CCCN(C(=O)CCC(=O)c2ccc(F)cc2)CCNC(=O)COc2ccc(cc2OC)C1. The van der Waals surface area contributed by atoms with Crippen molar-refractivity contribution in [2.75, 3.05) is 46.5 Å². The maximum absolute atomic E-state index is 13.6. The summed E-state index contributed by atoms with van der Waals surface area (Å²) in [4.78, 5) is 66.7. The van der Waals surface area contributed by atoms with Crippen LogP contribution in [0, 0.1) is 17.2 Å². The summed E-state index contributed by atoms with van der Waals surface area (Å²) in [5.41, 5.74) is 0.0346. The molecular formula is C36H48FN3O8. The van der Waals surface area contributed by atoms with Gasteiger partial charge in [0.25, 0.3) is 5.91 Å². The van der Waals surface area contributed by atoms with Gasteiger partial charge >= 0.3 is 5.97 Å². The zero-order valence-corrected chi connectivity index (χ0v) is 28.4. The van der Waals surface area contributed by atoms with E-state index in [1.807, 2.05) is 0 Å². The molecule has 12 heteroatoms. The predicted molar refractivity (Wildman–Crippen MR) is 177 cm³/mol. The van der Waals surface area contributed by atoms with E-state index in [1.54, 1.807) is 25.1 Å². The van der Waals surface area contributed by atoms with Crippen LogP contribution in [-0.2, 0) is 30.3 Å². The van der Waals surface area contributed by atoms with Gasteiger partial charge in [0.15, 0.2) is 23.9 Å². The lowest BCUT2D eigenvalue weighted by atomic mass is 9.76. The molecule has 2 N–H and O–H groups in total. The van der Waals surface area contributed by atoms with Crippen molar-refractivity contribution in [3.05, 3.63) is 59.4 Å². The van der Waals surface area contributed by atoms with Crippen LogP contribution in [0.15, 0.2) is 42.5 Å². The first-order chi connectivity index (χ1) is 23.0. The summed E-state index contributed by atoms with van der Waals surface area (Å²) in [6.07, 6.45) is 1.71. The van der Waals surface area contributed by atoms with Gasteiger partial charge in [-0.05, 0) is 80.5 Å². The lowest BCUT2D eigenvalue weighted by Crippen LogP contribution is -2.46. The van der Waals surface area contributed by atoms with Crippen molar-refractivity contribution in [1.82, 2.24) is 15.5 Å². The number of methoxy groups -OCH3 is 1. The van der Waals surface area contributed by atoms with Gasteiger partial charge in [0.05, 0.1) is 19.1 Å². The van der Waals surface area contributed by atoms with Crippen molar-refractivity contribution in [2.45, 2.75) is 65.7 Å². The summed E-state index contributed by atoms with van der Waals surface area (Å²) in [5, 5.41) is 5.70. The van der Waals surface area contributed by atoms with Crippen LogP contribution in [0.2, 0.25) is 0 Å². The summed E-state index contributed by atoms with van der Waals surface area (Å²) in [7, 11) is 1.48. The molecule has 11 nitrogen and oxygen atoms in total. The number of ketones is 1. The second-order valence-corrected chi connectivity index (χ2v) is 12.4. The molecule has 0 spiro atoms. The molecule has 2 aliphatic heterocycles. The number of carbonyl (C=O) groups excluding carboxylic acids is 5. The van der Waals surface area contributed by atoms with Crippen LogP contribution in [0.1, 0.15) is 75.2 Å². The van der Waals surface area contributed by atoms with E-state index >= 15 is 0 Å². The summed E-state index contributed by atoms with van der Waals surface area (Å²) in [6, 6.07) is 10.4. The van der Waals surface area contributed by atoms with Crippen LogP contribution < -0.4 is 20.1 Å². The molecule has 2 bridgehead atoms. The molecule has 262 valence electrons. The number of benzene rings is 2. The fourth-order valence-electron chi connectivity index (χ4n) is 5.50. The molecule has 0 fully saturated rings. The smallest absolute Gasteiger partial charge is 0.314 e. The van der Waals surface area contributed by atoms with Crippen LogP contribution in [0.3, 0.4) is 0 Å². The number of nitrogens with one attached hydrogen (secondary N) is 2. The molecule has 0 saturated heterocycles. The Balaban J connectivity index is 1.82. The molecule has 0 saturated carbocycles. The van der Waals surface area contributed by atoms with E-state index in [9.17, 15) is 28.4 Å². The quantitative estimate of drug-likeness (QED) is 0.217. The van der Waals surface area contributed by atoms with E-state index in [-0.39, 0.29) is 82.7 Å². The molecular weight excluding hydrogens is 621 g/mol. The van der Waals surface area contributed by atoms with E-state index in [0.717, 1.165) is 12.0 Å². The van der Waals surface area contributed by atoms with Crippen molar-refractivity contribution >= 4 is 29.5 Å². The lowest BCUT2D eigenvalue weighted by Gasteiger charge is -2.33. The largest absolute Gasteiger partial charge is 0.493 e. The highest BCUT2D eigenvalue weighted by atomic mass is 19.1. The number of hydrogen-bond donors (Lipinski definition) is 2. The summed E-state index contributed by atoms with van der Waals surface area (Å²) >= 11 is 0. The van der Waals surface area contributed by atoms with Gasteiger partial charge in [0, 0.05) is 51.0 Å². The average Bonchev–Trinajstić information content (AvgIpc) is 3.06. The molecule has 1 atom stereocenters. The number of Topliss-reactive ketones (excluding diaryl/α,β-unsaturated/α-hetero) is 1. The average molecular weight is 670 g/mol. The standard InChI is InChI=1S/C36H48FN3O8/c1-5-47-35(45)36(17-16-25(2)3)22-26-8-14-30(31(21-26)46-4)48-23-33(43)38-18-20-40(19-6-7-32(42)39-24-36)34(44)15-13-29(41)27-9-11-28(37)12-10-27/h8-12,14,21,25H,5-7,13,15-20,22-24H2,1-4H3,(H,38,43)(H,39,42). The van der Waals surface area contributed by atoms with E-state index in [4.69, 9.17) is 14.2 Å². The third kappa shape index (κ3) is 11.6. The molecule has 2 aromatic rings. The van der Waals surface area contributed by atoms with E-state index in [0.29, 0.717) is 35.8 Å². The lowest BCUT2D eigenvalue weighted by molar-refractivity contribution is -0.156. The third-order valence-electron chi connectivity index (χ3n) is 8.28. The Bertz CT molecular complexity index is 1410. The Morgan fingerprint density at radius 3 is 2.46 bits per heavy atom. The van der Waals surface area contributed by atoms with Gasteiger partial charge in [-0.2, -0.15) is 0 Å². The van der Waals surface area contributed by atoms with Crippen LogP contribution in [0.5, 0.6) is 11.5 Å². The number of fused-ring (bicyclic) bond motifs is 16. The van der Waals surface area contributed by atoms with E-state index in [1.165, 1.54) is 36.3 Å². The Labute approximate surface area is 281 Å². The summed E-state index contributed by atoms with van der Waals surface area (Å²) < 4.78 is 30.1. The topological polar surface area (TPSA) is 140 Å². The maximum atomic E-state index is 13.6. The molecule has 0 aliphatic carbocycles. The first kappa shape index (κ1) is 38.0. The van der Waals surface area contributed by atoms with Crippen molar-refractivity contribution in [3.8, 4) is 11.5 Å². The van der Waals surface area contributed by atoms with Gasteiger partial charge in [0.1, 0.15) is 5.82 Å². The zero-order chi connectivity index (χ0) is 35.1. The second kappa shape index (κ2) is 18.8. The molecule has 4 rings (SSSR count). The molecule has 2 heterocycles. The van der Waals surface area contributed by atoms with Gasteiger partial charge in [-0.15, -0.1) is 0 Å². The van der Waals surface area contributed by atoms with Gasteiger partial charge < -0.3 is 29.7 Å². The number of esters is 1. The highest BCUT2D eigenvalue weighted by Gasteiger charge is 2.40. The predicted octanol–water partition coefficient (Wildman–Crippen LogP) is 4.26. The number of hydrogen-bond acceptors (Lipinski definition) is 8. The van der Waals surface area contributed by atoms with Crippen LogP contribution in [-0.4, -0.2) is 80.9 Å². The molecule has 1 unspecified atom stereocenters. The first-order valence-corrected chi connectivity index (χ1v) is 16.5. The fourth-order valence-corrected chi connectivity index (χ4v) is 5.50. The zero-order valence-electron chi connectivity index (χ0n) is 28.4. The number of rotatable bonds is 10. The van der Waals surface area contributed by atoms with E-state index in [2.05, 4.69) is 24.5 Å². The van der Waals surface area contributed by atoms with Gasteiger partial charge in [-0.3, -0.25) is 24.0 Å². The summed E-state index contributed by atoms with van der Waals surface area (Å²) in [6.45, 7) is 6.31. The van der Waals surface area contributed by atoms with Crippen LogP contribution in [0.25, 0.3) is 0 Å². The van der Waals surface area contributed by atoms with E-state index < -0.39 is 23.1 Å². The number of carbonyl (C=O) groups is 5. The molecule has 48 heavy (non-hydrogen) atoms. The highest BCUT2D eigenvalue weighted by Crippen LogP contribution is 2.35. The van der Waals surface area contributed by atoms with Crippen molar-refractivity contribution in [1.29, 1.82) is 0 Å². The monoisotopic (exact) mass is 669 g/mol. The number of ether oxygens (including phenoxy) is 3. The first-order valence-electron chi connectivity index (χ1n) is 16.5. The minimum atomic E-state index is -1.05.